The van der Waals surface area contributed by atoms with Gasteiger partial charge in [0.1, 0.15) is 5.82 Å². The van der Waals surface area contributed by atoms with Crippen molar-refractivity contribution in [2.45, 2.75) is 6.18 Å². The fourth-order valence-corrected chi connectivity index (χ4v) is 1.72. The molecule has 0 atom stereocenters. The highest BCUT2D eigenvalue weighted by Gasteiger charge is 2.31. The molecule has 0 aliphatic rings. The Balaban J connectivity index is 2.43. The number of carboxylic acid groups (broad SMARTS) is 1. The van der Waals surface area contributed by atoms with Crippen LogP contribution in [0.4, 0.5) is 28.9 Å². The third kappa shape index (κ3) is 3.31. The summed E-state index contributed by atoms with van der Waals surface area (Å²) in [7, 11) is 0. The Morgan fingerprint density at radius 3 is 2.33 bits per heavy atom. The lowest BCUT2D eigenvalue weighted by atomic mass is 10.1. The standard InChI is InChI=1S/C14H9F4NO2/c15-10-6-5-8(14(16,17)18)7-12(10)19-11-4-2-1-3-9(11)13(20)21/h1-7,19H,(H,20,21). The van der Waals surface area contributed by atoms with Crippen molar-refractivity contribution in [2.75, 3.05) is 5.32 Å². The molecule has 0 unspecified atom stereocenters. The van der Waals surface area contributed by atoms with E-state index in [1.165, 1.54) is 24.3 Å². The van der Waals surface area contributed by atoms with Gasteiger partial charge < -0.3 is 10.4 Å². The monoisotopic (exact) mass is 299 g/mol. The second kappa shape index (κ2) is 5.43. The van der Waals surface area contributed by atoms with Gasteiger partial charge in [0.25, 0.3) is 0 Å². The molecule has 0 spiro atoms. The molecule has 2 N–H and O–H groups in total. The molecule has 3 nitrogen and oxygen atoms in total. The summed E-state index contributed by atoms with van der Waals surface area (Å²) in [6, 6.07) is 7.42. The number of benzene rings is 2. The van der Waals surface area contributed by atoms with Gasteiger partial charge >= 0.3 is 12.1 Å². The molecule has 2 rings (SSSR count). The number of hydrogen-bond acceptors (Lipinski definition) is 2. The van der Waals surface area contributed by atoms with Gasteiger partial charge in [0.15, 0.2) is 0 Å². The molecule has 0 aliphatic heterocycles. The van der Waals surface area contributed by atoms with Crippen LogP contribution in [0.5, 0.6) is 0 Å². The first-order chi connectivity index (χ1) is 9.79. The van der Waals surface area contributed by atoms with Crippen LogP contribution in [-0.2, 0) is 6.18 Å². The predicted octanol–water partition coefficient (Wildman–Crippen LogP) is 4.29. The molecule has 0 saturated carbocycles. The fraction of sp³-hybridized carbons (Fsp3) is 0.0714. The number of anilines is 2. The zero-order valence-corrected chi connectivity index (χ0v) is 10.4. The van der Waals surface area contributed by atoms with E-state index in [2.05, 4.69) is 5.32 Å². The van der Waals surface area contributed by atoms with Gasteiger partial charge in [-0.25, -0.2) is 9.18 Å². The average molecular weight is 299 g/mol. The second-order valence-corrected chi connectivity index (χ2v) is 4.17. The summed E-state index contributed by atoms with van der Waals surface area (Å²) in [4.78, 5) is 11.0. The van der Waals surface area contributed by atoms with E-state index >= 15 is 0 Å². The number of aromatic carboxylic acids is 1. The molecule has 110 valence electrons. The number of para-hydroxylation sites is 1. The normalized spacial score (nSPS) is 11.2. The zero-order chi connectivity index (χ0) is 15.6. The van der Waals surface area contributed by atoms with Crippen molar-refractivity contribution in [3.63, 3.8) is 0 Å². The second-order valence-electron chi connectivity index (χ2n) is 4.17. The Labute approximate surface area is 116 Å². The van der Waals surface area contributed by atoms with Crippen LogP contribution in [0.2, 0.25) is 0 Å². The number of nitrogens with one attached hydrogen (secondary N) is 1. The maximum atomic E-state index is 13.6. The summed E-state index contributed by atoms with van der Waals surface area (Å²) in [6.45, 7) is 0. The number of rotatable bonds is 3. The number of alkyl halides is 3. The molecule has 2 aromatic rings. The van der Waals surface area contributed by atoms with E-state index in [4.69, 9.17) is 5.11 Å². The lowest BCUT2D eigenvalue weighted by Gasteiger charge is -2.13. The molecule has 21 heavy (non-hydrogen) atoms. The Morgan fingerprint density at radius 2 is 1.71 bits per heavy atom. The Hall–Kier alpha value is -2.57. The number of carboxylic acids is 1. The zero-order valence-electron chi connectivity index (χ0n) is 10.4. The van der Waals surface area contributed by atoms with E-state index in [0.29, 0.717) is 18.2 Å². The van der Waals surface area contributed by atoms with Crippen molar-refractivity contribution in [2.24, 2.45) is 0 Å². The molecule has 0 heterocycles. The smallest absolute Gasteiger partial charge is 0.416 e. The SMILES string of the molecule is O=C(O)c1ccccc1Nc1cc(C(F)(F)F)ccc1F. The van der Waals surface area contributed by atoms with Crippen molar-refractivity contribution >= 4 is 17.3 Å². The van der Waals surface area contributed by atoms with Crippen molar-refractivity contribution in [3.05, 3.63) is 59.4 Å². The first-order valence-electron chi connectivity index (χ1n) is 5.75. The number of hydrogen-bond donors (Lipinski definition) is 2. The molecule has 0 radical (unpaired) electrons. The third-order valence-corrected chi connectivity index (χ3v) is 2.72. The summed E-state index contributed by atoms with van der Waals surface area (Å²) in [6.07, 6.45) is -4.61. The maximum absolute atomic E-state index is 13.6. The fourth-order valence-electron chi connectivity index (χ4n) is 1.72. The van der Waals surface area contributed by atoms with Crippen LogP contribution in [0, 0.1) is 5.82 Å². The first kappa shape index (κ1) is 14.8. The van der Waals surface area contributed by atoms with Crippen LogP contribution in [0.3, 0.4) is 0 Å². The Bertz CT molecular complexity index is 683. The molecule has 0 aromatic heterocycles. The van der Waals surface area contributed by atoms with Crippen LogP contribution in [0.15, 0.2) is 42.5 Å². The lowest BCUT2D eigenvalue weighted by Crippen LogP contribution is -2.07. The molecule has 0 amide bonds. The van der Waals surface area contributed by atoms with E-state index in [-0.39, 0.29) is 11.3 Å². The molecule has 7 heteroatoms. The molecule has 0 aliphatic carbocycles. The molecule has 0 bridgehead atoms. The predicted molar refractivity (Wildman–Crippen MR) is 68.1 cm³/mol. The quantitative estimate of drug-likeness (QED) is 0.831. The minimum Gasteiger partial charge on any atom is -0.478 e. The molecular weight excluding hydrogens is 290 g/mol. The molecular formula is C14H9F4NO2. The minimum absolute atomic E-state index is 0.00299. The van der Waals surface area contributed by atoms with Gasteiger partial charge in [-0.1, -0.05) is 12.1 Å². The van der Waals surface area contributed by atoms with Crippen molar-refractivity contribution in [1.29, 1.82) is 0 Å². The van der Waals surface area contributed by atoms with E-state index in [9.17, 15) is 22.4 Å². The summed E-state index contributed by atoms with van der Waals surface area (Å²) in [5.74, 6) is -2.19. The van der Waals surface area contributed by atoms with Gasteiger partial charge in [0.05, 0.1) is 22.5 Å². The largest absolute Gasteiger partial charge is 0.478 e. The summed E-state index contributed by atoms with van der Waals surface area (Å²) < 4.78 is 51.4. The molecule has 2 aromatic carbocycles. The number of halogens is 4. The minimum atomic E-state index is -4.61. The van der Waals surface area contributed by atoms with Gasteiger partial charge in [-0.2, -0.15) is 13.2 Å². The third-order valence-electron chi connectivity index (χ3n) is 2.72. The highest BCUT2D eigenvalue weighted by atomic mass is 19.4. The van der Waals surface area contributed by atoms with Gasteiger partial charge in [0, 0.05) is 0 Å². The van der Waals surface area contributed by atoms with E-state index in [1.54, 1.807) is 0 Å². The Morgan fingerprint density at radius 1 is 1.05 bits per heavy atom. The summed E-state index contributed by atoms with van der Waals surface area (Å²) in [5.41, 5.74) is -1.64. The van der Waals surface area contributed by atoms with E-state index in [1.807, 2.05) is 0 Å². The van der Waals surface area contributed by atoms with Crippen molar-refractivity contribution < 1.29 is 27.5 Å². The van der Waals surface area contributed by atoms with Crippen LogP contribution in [-0.4, -0.2) is 11.1 Å². The summed E-state index contributed by atoms with van der Waals surface area (Å²) in [5, 5.41) is 11.4. The van der Waals surface area contributed by atoms with E-state index in [0.717, 1.165) is 0 Å². The maximum Gasteiger partial charge on any atom is 0.416 e. The van der Waals surface area contributed by atoms with Crippen LogP contribution >= 0.6 is 0 Å². The first-order valence-corrected chi connectivity index (χ1v) is 5.75. The highest BCUT2D eigenvalue weighted by Crippen LogP contribution is 2.33. The highest BCUT2D eigenvalue weighted by molar-refractivity contribution is 5.95. The van der Waals surface area contributed by atoms with Crippen LogP contribution in [0.25, 0.3) is 0 Å². The molecule has 0 fully saturated rings. The van der Waals surface area contributed by atoms with Gasteiger partial charge in [-0.15, -0.1) is 0 Å². The van der Waals surface area contributed by atoms with Crippen molar-refractivity contribution in [3.8, 4) is 0 Å². The van der Waals surface area contributed by atoms with Crippen LogP contribution < -0.4 is 5.32 Å². The number of carbonyl (C=O) groups is 1. The Kier molecular flexibility index (Phi) is 3.84. The summed E-state index contributed by atoms with van der Waals surface area (Å²) >= 11 is 0. The van der Waals surface area contributed by atoms with Crippen molar-refractivity contribution in [1.82, 2.24) is 0 Å². The average Bonchev–Trinajstić information content (AvgIpc) is 2.40. The van der Waals surface area contributed by atoms with Gasteiger partial charge in [-0.3, -0.25) is 0 Å². The lowest BCUT2D eigenvalue weighted by molar-refractivity contribution is -0.137. The topological polar surface area (TPSA) is 49.3 Å². The van der Waals surface area contributed by atoms with E-state index < -0.39 is 29.2 Å². The van der Waals surface area contributed by atoms with Gasteiger partial charge in [0.2, 0.25) is 0 Å². The van der Waals surface area contributed by atoms with Gasteiger partial charge in [-0.05, 0) is 30.3 Å². The van der Waals surface area contributed by atoms with Crippen LogP contribution in [0.1, 0.15) is 15.9 Å². The molecule has 0 saturated heterocycles.